The van der Waals surface area contributed by atoms with Gasteiger partial charge in [0.15, 0.2) is 0 Å². The van der Waals surface area contributed by atoms with Gasteiger partial charge in [-0.2, -0.15) is 0 Å². The van der Waals surface area contributed by atoms with Gasteiger partial charge < -0.3 is 10.5 Å². The molecule has 0 saturated carbocycles. The zero-order valence-corrected chi connectivity index (χ0v) is 10.4. The maximum Gasteiger partial charge on any atom is 0.328 e. The van der Waals surface area contributed by atoms with Crippen molar-refractivity contribution < 1.29 is 9.53 Å². The number of hydrogen-bond donors (Lipinski definition) is 1. The highest BCUT2D eigenvalue weighted by Crippen LogP contribution is 2.30. The van der Waals surface area contributed by atoms with E-state index in [-0.39, 0.29) is 5.97 Å². The summed E-state index contributed by atoms with van der Waals surface area (Å²) in [4.78, 5) is 13.2. The van der Waals surface area contributed by atoms with Crippen LogP contribution in [0.3, 0.4) is 0 Å². The molecule has 0 aliphatic rings. The molecule has 0 saturated heterocycles. The second kappa shape index (κ2) is 4.91. The zero-order chi connectivity index (χ0) is 10.7. The van der Waals surface area contributed by atoms with Crippen LogP contribution >= 0.6 is 27.3 Å². The van der Waals surface area contributed by atoms with Gasteiger partial charge in [0.1, 0.15) is 6.04 Å². The number of ether oxygens (including phenoxy) is 1. The van der Waals surface area contributed by atoms with Gasteiger partial charge in [0.05, 0.1) is 6.61 Å². The minimum absolute atomic E-state index is 0.359. The Hall–Kier alpha value is -0.390. The summed E-state index contributed by atoms with van der Waals surface area (Å²) < 4.78 is 5.82. The standard InChI is InChI=1S/C9H12BrNO2S/c1-3-13-9(12)8(11)7-4-6(10)5(2)14-7/h4,8H,3,11H2,1-2H3. The molecule has 0 amide bonds. The Morgan fingerprint density at radius 3 is 2.86 bits per heavy atom. The molecule has 1 unspecified atom stereocenters. The average Bonchev–Trinajstić information content (AvgIpc) is 2.46. The topological polar surface area (TPSA) is 52.3 Å². The van der Waals surface area contributed by atoms with Gasteiger partial charge in [0.25, 0.3) is 0 Å². The molecule has 0 aromatic carbocycles. The third-order valence-electron chi connectivity index (χ3n) is 1.72. The van der Waals surface area contributed by atoms with Gasteiger partial charge in [-0.25, -0.2) is 4.79 Å². The Morgan fingerprint density at radius 2 is 2.43 bits per heavy atom. The van der Waals surface area contributed by atoms with E-state index in [0.717, 1.165) is 14.2 Å². The van der Waals surface area contributed by atoms with Crippen molar-refractivity contribution in [3.05, 3.63) is 20.3 Å². The fraction of sp³-hybridized carbons (Fsp3) is 0.444. The molecule has 2 N–H and O–H groups in total. The number of carbonyl (C=O) groups is 1. The van der Waals surface area contributed by atoms with Crippen LogP contribution in [0.5, 0.6) is 0 Å². The molecule has 0 bridgehead atoms. The predicted molar refractivity (Wildman–Crippen MR) is 60.3 cm³/mol. The first-order chi connectivity index (χ1) is 6.56. The summed E-state index contributed by atoms with van der Waals surface area (Å²) in [7, 11) is 0. The lowest BCUT2D eigenvalue weighted by Gasteiger charge is -2.07. The lowest BCUT2D eigenvalue weighted by molar-refractivity contribution is -0.144. The lowest BCUT2D eigenvalue weighted by atomic mass is 10.2. The zero-order valence-electron chi connectivity index (χ0n) is 8.04. The van der Waals surface area contributed by atoms with Crippen LogP contribution in [0.25, 0.3) is 0 Å². The summed E-state index contributed by atoms with van der Waals surface area (Å²) in [6, 6.07) is 1.20. The molecular weight excluding hydrogens is 266 g/mol. The first-order valence-electron chi connectivity index (χ1n) is 4.24. The normalized spacial score (nSPS) is 12.6. The Morgan fingerprint density at radius 1 is 1.79 bits per heavy atom. The minimum atomic E-state index is -0.662. The summed E-state index contributed by atoms with van der Waals surface area (Å²) in [5, 5.41) is 0. The third kappa shape index (κ3) is 2.56. The van der Waals surface area contributed by atoms with Crippen LogP contribution in [0.1, 0.15) is 22.7 Å². The number of aryl methyl sites for hydroxylation is 1. The van der Waals surface area contributed by atoms with Crippen LogP contribution in [0.2, 0.25) is 0 Å². The molecule has 0 aliphatic heterocycles. The quantitative estimate of drug-likeness (QED) is 0.864. The molecule has 0 fully saturated rings. The summed E-state index contributed by atoms with van der Waals surface area (Å²) in [5.74, 6) is -0.374. The molecule has 3 nitrogen and oxygen atoms in total. The first kappa shape index (κ1) is 11.7. The summed E-state index contributed by atoms with van der Waals surface area (Å²) in [6.07, 6.45) is 0. The average molecular weight is 278 g/mol. The number of esters is 1. The molecular formula is C9H12BrNO2S. The van der Waals surface area contributed by atoms with E-state index >= 15 is 0 Å². The maximum atomic E-state index is 11.3. The van der Waals surface area contributed by atoms with Crippen molar-refractivity contribution in [3.8, 4) is 0 Å². The molecule has 5 heteroatoms. The van der Waals surface area contributed by atoms with Gasteiger partial charge in [-0.3, -0.25) is 0 Å². The van der Waals surface area contributed by atoms with E-state index in [0.29, 0.717) is 6.61 Å². The van der Waals surface area contributed by atoms with Gasteiger partial charge in [-0.15, -0.1) is 11.3 Å². The van der Waals surface area contributed by atoms with Gasteiger partial charge in [0, 0.05) is 14.2 Å². The Balaban J connectivity index is 2.78. The van der Waals surface area contributed by atoms with E-state index in [1.165, 1.54) is 11.3 Å². The van der Waals surface area contributed by atoms with Gasteiger partial charge >= 0.3 is 5.97 Å². The molecule has 0 aliphatic carbocycles. The van der Waals surface area contributed by atoms with E-state index in [2.05, 4.69) is 15.9 Å². The smallest absolute Gasteiger partial charge is 0.328 e. The lowest BCUT2D eigenvalue weighted by Crippen LogP contribution is -2.22. The van der Waals surface area contributed by atoms with Crippen LogP contribution in [0, 0.1) is 6.92 Å². The van der Waals surface area contributed by atoms with Crippen molar-refractivity contribution >= 4 is 33.2 Å². The third-order valence-corrected chi connectivity index (χ3v) is 3.94. The second-order valence-corrected chi connectivity index (χ2v) is 4.92. The number of carbonyl (C=O) groups excluding carboxylic acids is 1. The van der Waals surface area contributed by atoms with Crippen LogP contribution in [-0.2, 0) is 9.53 Å². The van der Waals surface area contributed by atoms with E-state index in [4.69, 9.17) is 10.5 Å². The summed E-state index contributed by atoms with van der Waals surface area (Å²) >= 11 is 4.88. The van der Waals surface area contributed by atoms with Crippen molar-refractivity contribution in [1.29, 1.82) is 0 Å². The molecule has 78 valence electrons. The molecule has 0 radical (unpaired) electrons. The molecule has 1 aromatic heterocycles. The molecule has 1 aromatic rings. The first-order valence-corrected chi connectivity index (χ1v) is 5.85. The molecule has 14 heavy (non-hydrogen) atoms. The molecule has 1 heterocycles. The van der Waals surface area contributed by atoms with Crippen LogP contribution in [-0.4, -0.2) is 12.6 Å². The Labute approximate surface area is 95.4 Å². The Bertz CT molecular complexity index is 318. The van der Waals surface area contributed by atoms with E-state index in [1.807, 2.05) is 13.0 Å². The summed E-state index contributed by atoms with van der Waals surface area (Å²) in [6.45, 7) is 4.09. The van der Waals surface area contributed by atoms with Crippen molar-refractivity contribution in [2.24, 2.45) is 5.73 Å². The number of hydrogen-bond acceptors (Lipinski definition) is 4. The monoisotopic (exact) mass is 277 g/mol. The van der Waals surface area contributed by atoms with Gasteiger partial charge in [-0.05, 0) is 35.8 Å². The predicted octanol–water partition coefficient (Wildman–Crippen LogP) is 2.38. The van der Waals surface area contributed by atoms with Crippen molar-refractivity contribution in [1.82, 2.24) is 0 Å². The van der Waals surface area contributed by atoms with Crippen LogP contribution in [0.4, 0.5) is 0 Å². The number of thiophene rings is 1. The minimum Gasteiger partial charge on any atom is -0.465 e. The van der Waals surface area contributed by atoms with Crippen molar-refractivity contribution in [2.45, 2.75) is 19.9 Å². The Kier molecular flexibility index (Phi) is 4.10. The highest BCUT2D eigenvalue weighted by Gasteiger charge is 2.19. The maximum absolute atomic E-state index is 11.3. The van der Waals surface area contributed by atoms with Gasteiger partial charge in [-0.1, -0.05) is 0 Å². The van der Waals surface area contributed by atoms with Crippen LogP contribution in [0.15, 0.2) is 10.5 Å². The fourth-order valence-electron chi connectivity index (χ4n) is 0.983. The van der Waals surface area contributed by atoms with E-state index in [1.54, 1.807) is 6.92 Å². The highest BCUT2D eigenvalue weighted by atomic mass is 79.9. The number of nitrogens with two attached hydrogens (primary N) is 1. The number of rotatable bonds is 3. The molecule has 1 atom stereocenters. The number of halogens is 1. The molecule has 1 rings (SSSR count). The molecule has 0 spiro atoms. The largest absolute Gasteiger partial charge is 0.465 e. The van der Waals surface area contributed by atoms with Crippen molar-refractivity contribution in [2.75, 3.05) is 6.61 Å². The second-order valence-electron chi connectivity index (χ2n) is 2.78. The van der Waals surface area contributed by atoms with E-state index < -0.39 is 6.04 Å². The van der Waals surface area contributed by atoms with E-state index in [9.17, 15) is 4.79 Å². The highest BCUT2D eigenvalue weighted by molar-refractivity contribution is 9.10. The fourth-order valence-corrected chi connectivity index (χ4v) is 2.53. The van der Waals surface area contributed by atoms with Crippen LogP contribution < -0.4 is 5.73 Å². The SMILES string of the molecule is CCOC(=O)C(N)c1cc(Br)c(C)s1. The summed E-state index contributed by atoms with van der Waals surface area (Å²) in [5.41, 5.74) is 5.72. The van der Waals surface area contributed by atoms with Gasteiger partial charge in [0.2, 0.25) is 0 Å². The van der Waals surface area contributed by atoms with Crippen molar-refractivity contribution in [3.63, 3.8) is 0 Å².